The molecule has 0 spiro atoms. The summed E-state index contributed by atoms with van der Waals surface area (Å²) in [5.74, 6) is 1.45. The van der Waals surface area contributed by atoms with Crippen LogP contribution in [0.5, 0.6) is 0 Å². The molecule has 0 atom stereocenters. The average Bonchev–Trinajstić information content (AvgIpc) is 3.33. The van der Waals surface area contributed by atoms with Crippen molar-refractivity contribution in [1.82, 2.24) is 29.3 Å². The van der Waals surface area contributed by atoms with E-state index in [1.54, 1.807) is 0 Å². The van der Waals surface area contributed by atoms with E-state index in [0.29, 0.717) is 41.1 Å². The Morgan fingerprint density at radius 1 is 1.27 bits per heavy atom. The number of nitrogens with one attached hydrogen (secondary N) is 1. The van der Waals surface area contributed by atoms with Crippen LogP contribution in [0.25, 0.3) is 16.9 Å². The molecule has 0 radical (unpaired) electrons. The highest BCUT2D eigenvalue weighted by atomic mass is 79.9. The van der Waals surface area contributed by atoms with Crippen LogP contribution in [0.2, 0.25) is 0 Å². The number of H-pyrrole nitrogens is 1. The minimum absolute atomic E-state index is 0.181. The maximum Gasteiger partial charge on any atom is 0.263 e. The van der Waals surface area contributed by atoms with Crippen molar-refractivity contribution >= 4 is 27.0 Å². The second kappa shape index (κ2) is 7.81. The molecule has 5 rings (SSSR count). The lowest BCUT2D eigenvalue weighted by atomic mass is 10.1. The Morgan fingerprint density at radius 2 is 2.10 bits per heavy atom. The second-order valence-electron chi connectivity index (χ2n) is 7.59. The van der Waals surface area contributed by atoms with Crippen molar-refractivity contribution in [3.63, 3.8) is 0 Å². The fourth-order valence-corrected chi connectivity index (χ4v) is 4.36. The van der Waals surface area contributed by atoms with Crippen LogP contribution in [-0.2, 0) is 11.2 Å². The third-order valence-electron chi connectivity index (χ3n) is 5.39. The van der Waals surface area contributed by atoms with Gasteiger partial charge in [0.25, 0.3) is 5.56 Å². The van der Waals surface area contributed by atoms with E-state index in [1.165, 1.54) is 5.56 Å². The van der Waals surface area contributed by atoms with Gasteiger partial charge in [0, 0.05) is 38.2 Å². The molecule has 9 heteroatoms. The van der Waals surface area contributed by atoms with Gasteiger partial charge in [-0.2, -0.15) is 5.10 Å². The van der Waals surface area contributed by atoms with E-state index >= 15 is 0 Å². The molecule has 1 aliphatic rings. The van der Waals surface area contributed by atoms with Crippen molar-refractivity contribution in [2.24, 2.45) is 0 Å². The number of rotatable bonds is 4. The summed E-state index contributed by atoms with van der Waals surface area (Å²) in [7, 11) is 0. The molecule has 1 N–H and O–H groups in total. The number of halogens is 1. The Hall–Kier alpha value is -2.78. The van der Waals surface area contributed by atoms with Crippen LogP contribution in [-0.4, -0.2) is 42.5 Å². The van der Waals surface area contributed by atoms with Gasteiger partial charge in [-0.25, -0.2) is 14.6 Å². The molecule has 154 valence electrons. The number of aromatic nitrogens is 6. The average molecular weight is 469 g/mol. The van der Waals surface area contributed by atoms with Crippen LogP contribution in [0, 0.1) is 6.92 Å². The van der Waals surface area contributed by atoms with Crippen LogP contribution in [0.1, 0.15) is 35.8 Å². The molecule has 8 nitrogen and oxygen atoms in total. The first-order chi connectivity index (χ1) is 14.6. The number of ether oxygens (including phenoxy) is 1. The van der Waals surface area contributed by atoms with Crippen molar-refractivity contribution in [2.45, 2.75) is 32.2 Å². The summed E-state index contributed by atoms with van der Waals surface area (Å²) in [4.78, 5) is 24.9. The van der Waals surface area contributed by atoms with Gasteiger partial charge in [-0.3, -0.25) is 4.79 Å². The van der Waals surface area contributed by atoms with Crippen LogP contribution < -0.4 is 5.56 Å². The third-order valence-corrected chi connectivity index (χ3v) is 5.95. The Morgan fingerprint density at radius 3 is 2.80 bits per heavy atom. The quantitative estimate of drug-likeness (QED) is 0.495. The van der Waals surface area contributed by atoms with Gasteiger partial charge in [-0.1, -0.05) is 6.07 Å². The van der Waals surface area contributed by atoms with Crippen LogP contribution in [0.3, 0.4) is 0 Å². The molecule has 1 aliphatic heterocycles. The van der Waals surface area contributed by atoms with Crippen molar-refractivity contribution < 1.29 is 4.74 Å². The zero-order chi connectivity index (χ0) is 20.7. The van der Waals surface area contributed by atoms with Gasteiger partial charge < -0.3 is 14.3 Å². The first-order valence-electron chi connectivity index (χ1n) is 9.93. The van der Waals surface area contributed by atoms with E-state index in [1.807, 2.05) is 53.0 Å². The first kappa shape index (κ1) is 19.2. The largest absolute Gasteiger partial charge is 0.381 e. The monoisotopic (exact) mass is 468 g/mol. The lowest BCUT2D eigenvalue weighted by Gasteiger charge is -2.22. The number of nitrogens with zero attached hydrogens (tertiary/aromatic N) is 5. The van der Waals surface area contributed by atoms with Gasteiger partial charge in [0.05, 0.1) is 6.04 Å². The van der Waals surface area contributed by atoms with Crippen molar-refractivity contribution in [3.8, 4) is 5.82 Å². The lowest BCUT2D eigenvalue weighted by Crippen LogP contribution is -2.21. The van der Waals surface area contributed by atoms with E-state index in [0.717, 1.165) is 24.2 Å². The van der Waals surface area contributed by atoms with Gasteiger partial charge in [-0.15, -0.1) is 0 Å². The van der Waals surface area contributed by atoms with E-state index in [9.17, 15) is 4.79 Å². The topological polar surface area (TPSA) is 90.6 Å². The minimum Gasteiger partial charge on any atom is -0.381 e. The third kappa shape index (κ3) is 3.59. The number of pyridine rings is 1. The van der Waals surface area contributed by atoms with Crippen molar-refractivity contribution in [3.05, 3.63) is 68.7 Å². The van der Waals surface area contributed by atoms with Gasteiger partial charge in [-0.05, 0) is 59.0 Å². The van der Waals surface area contributed by atoms with Crippen LogP contribution in [0.15, 0.2) is 46.2 Å². The van der Waals surface area contributed by atoms with Gasteiger partial charge in [0.2, 0.25) is 0 Å². The predicted molar refractivity (Wildman–Crippen MR) is 116 cm³/mol. The second-order valence-corrected chi connectivity index (χ2v) is 8.34. The minimum atomic E-state index is -0.187. The number of hydrogen-bond donors (Lipinski definition) is 1. The van der Waals surface area contributed by atoms with Crippen molar-refractivity contribution in [2.75, 3.05) is 13.2 Å². The summed E-state index contributed by atoms with van der Waals surface area (Å²) in [6.07, 6.45) is 8.04. The Labute approximate surface area is 181 Å². The maximum atomic E-state index is 12.7. The Bertz CT molecular complexity index is 1250. The molecule has 0 unspecified atom stereocenters. The lowest BCUT2D eigenvalue weighted by molar-refractivity contribution is 0.0672. The van der Waals surface area contributed by atoms with E-state index < -0.39 is 0 Å². The van der Waals surface area contributed by atoms with Gasteiger partial charge in [0.15, 0.2) is 5.65 Å². The number of hydrogen-bond acceptors (Lipinski definition) is 5. The number of fused-ring (bicyclic) bond motifs is 1. The summed E-state index contributed by atoms with van der Waals surface area (Å²) in [6, 6.07) is 6.20. The summed E-state index contributed by atoms with van der Waals surface area (Å²) in [5, 5.41) is 5.04. The van der Waals surface area contributed by atoms with Crippen LogP contribution in [0.4, 0.5) is 0 Å². The highest BCUT2D eigenvalue weighted by Gasteiger charge is 2.23. The Balaban J connectivity index is 1.46. The van der Waals surface area contributed by atoms with Crippen LogP contribution >= 0.6 is 15.9 Å². The maximum absolute atomic E-state index is 12.7. The molecule has 4 aromatic heterocycles. The summed E-state index contributed by atoms with van der Waals surface area (Å²) >= 11 is 3.42. The summed E-state index contributed by atoms with van der Waals surface area (Å²) < 4.78 is 9.84. The van der Waals surface area contributed by atoms with E-state index in [4.69, 9.17) is 9.72 Å². The SMILES string of the molecule is Cc1ccn(-c2ccc(Cc3nc4c(c(Br)nn4C4CCOCC4)c(=O)[nH]3)cn2)c1. The number of aryl methyl sites for hydroxylation is 1. The molecule has 30 heavy (non-hydrogen) atoms. The zero-order valence-electron chi connectivity index (χ0n) is 16.5. The zero-order valence-corrected chi connectivity index (χ0v) is 18.1. The molecular formula is C21H21BrN6O2. The van der Waals surface area contributed by atoms with E-state index in [2.05, 4.69) is 31.0 Å². The fraction of sp³-hybridized carbons (Fsp3) is 0.333. The molecule has 5 heterocycles. The molecule has 0 bridgehead atoms. The predicted octanol–water partition coefficient (Wildman–Crippen LogP) is 3.32. The molecule has 1 fully saturated rings. The first-order valence-corrected chi connectivity index (χ1v) is 10.7. The summed E-state index contributed by atoms with van der Waals surface area (Å²) in [6.45, 7) is 3.43. The fourth-order valence-electron chi connectivity index (χ4n) is 3.83. The van der Waals surface area contributed by atoms with Gasteiger partial charge >= 0.3 is 0 Å². The highest BCUT2D eigenvalue weighted by Crippen LogP contribution is 2.27. The molecule has 4 aromatic rings. The van der Waals surface area contributed by atoms with Gasteiger partial charge in [0.1, 0.15) is 21.6 Å². The smallest absolute Gasteiger partial charge is 0.263 e. The van der Waals surface area contributed by atoms with E-state index in [-0.39, 0.29) is 11.6 Å². The normalized spacial score (nSPS) is 15.1. The molecule has 0 aliphatic carbocycles. The summed E-state index contributed by atoms with van der Waals surface area (Å²) in [5.41, 5.74) is 2.58. The Kier molecular flexibility index (Phi) is 5.00. The molecule has 0 aromatic carbocycles. The standard InChI is InChI=1S/C21H21BrN6O2/c1-13-4-7-27(12-13)17-3-2-14(11-23-17)10-16-24-20-18(21(29)25-16)19(22)26-28(20)15-5-8-30-9-6-15/h2-4,7,11-12,15H,5-6,8-10H2,1H3,(H,24,25,29). The molecule has 1 saturated heterocycles. The molecular weight excluding hydrogens is 448 g/mol. The molecule has 0 amide bonds. The number of aromatic amines is 1. The molecule has 0 saturated carbocycles. The van der Waals surface area contributed by atoms with Crippen molar-refractivity contribution in [1.29, 1.82) is 0 Å². The highest BCUT2D eigenvalue weighted by molar-refractivity contribution is 9.10.